The van der Waals surface area contributed by atoms with Crippen LogP contribution >= 0.6 is 12.4 Å². The number of Topliss-reactive ketones (excluding diaryl/α,β-unsaturated/α-hetero) is 1. The fraction of sp³-hybridized carbons (Fsp3) is 0.467. The van der Waals surface area contributed by atoms with E-state index in [1.165, 1.54) is 19.2 Å². The van der Waals surface area contributed by atoms with Gasteiger partial charge in [-0.15, -0.1) is 12.4 Å². The van der Waals surface area contributed by atoms with Crippen molar-refractivity contribution in [3.8, 4) is 5.75 Å². The predicted octanol–water partition coefficient (Wildman–Crippen LogP) is 1.94. The number of ether oxygens (including phenoxy) is 1. The SMILES string of the molecule is CNC(C)CNC(=O)CCC(=O)c1ccc(OC)c(F)c1.Cl. The van der Waals surface area contributed by atoms with Crippen molar-refractivity contribution in [3.05, 3.63) is 29.6 Å². The average Bonchev–Trinajstić information content (AvgIpc) is 2.49. The van der Waals surface area contributed by atoms with Gasteiger partial charge in [-0.1, -0.05) is 0 Å². The van der Waals surface area contributed by atoms with Gasteiger partial charge in [-0.05, 0) is 32.2 Å². The summed E-state index contributed by atoms with van der Waals surface area (Å²) in [6.07, 6.45) is 0.133. The summed E-state index contributed by atoms with van der Waals surface area (Å²) in [7, 11) is 3.16. The Balaban J connectivity index is 0.00000441. The number of carbonyl (C=O) groups is 2. The first-order valence-electron chi connectivity index (χ1n) is 6.78. The second-order valence-electron chi connectivity index (χ2n) is 4.77. The van der Waals surface area contributed by atoms with E-state index in [-0.39, 0.29) is 54.3 Å². The lowest BCUT2D eigenvalue weighted by Gasteiger charge is -2.11. The second-order valence-corrected chi connectivity index (χ2v) is 4.77. The standard InChI is InChI=1S/C15H21FN2O3.ClH/c1-10(17-2)9-18-15(20)7-5-13(19)11-4-6-14(21-3)12(16)8-11;/h4,6,8,10,17H,5,7,9H2,1-3H3,(H,18,20);1H. The van der Waals surface area contributed by atoms with Crippen molar-refractivity contribution in [2.75, 3.05) is 20.7 Å². The smallest absolute Gasteiger partial charge is 0.220 e. The van der Waals surface area contributed by atoms with Crippen LogP contribution in [0.2, 0.25) is 0 Å². The van der Waals surface area contributed by atoms with Gasteiger partial charge in [0, 0.05) is 31.0 Å². The molecule has 1 rings (SSSR count). The number of amides is 1. The number of likely N-dealkylation sites (N-methyl/N-ethyl adjacent to an activating group) is 1. The number of benzene rings is 1. The molecule has 2 N–H and O–H groups in total. The zero-order valence-electron chi connectivity index (χ0n) is 12.9. The summed E-state index contributed by atoms with van der Waals surface area (Å²) >= 11 is 0. The molecule has 1 aromatic carbocycles. The molecule has 5 nitrogen and oxygen atoms in total. The van der Waals surface area contributed by atoms with Crippen LogP contribution in [-0.2, 0) is 4.79 Å². The molecule has 0 radical (unpaired) electrons. The lowest BCUT2D eigenvalue weighted by Crippen LogP contribution is -2.37. The molecule has 0 saturated heterocycles. The molecule has 0 spiro atoms. The third-order valence-corrected chi connectivity index (χ3v) is 3.15. The highest BCUT2D eigenvalue weighted by Crippen LogP contribution is 2.18. The van der Waals surface area contributed by atoms with Gasteiger partial charge in [0.05, 0.1) is 7.11 Å². The van der Waals surface area contributed by atoms with Crippen molar-refractivity contribution in [3.63, 3.8) is 0 Å². The summed E-state index contributed by atoms with van der Waals surface area (Å²) in [4.78, 5) is 23.5. The summed E-state index contributed by atoms with van der Waals surface area (Å²) in [6, 6.07) is 4.19. The Kier molecular flexibility index (Phi) is 9.37. The van der Waals surface area contributed by atoms with Gasteiger partial charge in [-0.25, -0.2) is 4.39 Å². The first kappa shape index (κ1) is 20.3. The van der Waals surface area contributed by atoms with Crippen molar-refractivity contribution in [2.45, 2.75) is 25.8 Å². The maximum absolute atomic E-state index is 13.5. The van der Waals surface area contributed by atoms with E-state index in [0.717, 1.165) is 6.07 Å². The van der Waals surface area contributed by atoms with Crippen LogP contribution in [0, 0.1) is 5.82 Å². The number of hydrogen-bond acceptors (Lipinski definition) is 4. The Morgan fingerprint density at radius 1 is 1.32 bits per heavy atom. The molecule has 7 heteroatoms. The Hall–Kier alpha value is -1.66. The van der Waals surface area contributed by atoms with Crippen LogP contribution in [0.3, 0.4) is 0 Å². The minimum absolute atomic E-state index is 0. The van der Waals surface area contributed by atoms with Crippen molar-refractivity contribution < 1.29 is 18.7 Å². The molecule has 1 amide bonds. The number of carbonyl (C=O) groups excluding carboxylic acids is 2. The van der Waals surface area contributed by atoms with Gasteiger partial charge < -0.3 is 15.4 Å². The van der Waals surface area contributed by atoms with Crippen LogP contribution in [0.5, 0.6) is 5.75 Å². The topological polar surface area (TPSA) is 67.4 Å². The summed E-state index contributed by atoms with van der Waals surface area (Å²) < 4.78 is 18.3. The lowest BCUT2D eigenvalue weighted by atomic mass is 10.1. The molecule has 0 saturated carbocycles. The molecule has 124 valence electrons. The number of halogens is 2. The maximum atomic E-state index is 13.5. The molecular formula is C15H22ClFN2O3. The highest BCUT2D eigenvalue weighted by Gasteiger charge is 2.12. The van der Waals surface area contributed by atoms with E-state index >= 15 is 0 Å². The molecule has 1 unspecified atom stereocenters. The molecule has 0 aliphatic carbocycles. The number of methoxy groups -OCH3 is 1. The number of ketones is 1. The van der Waals surface area contributed by atoms with E-state index < -0.39 is 5.82 Å². The van der Waals surface area contributed by atoms with Crippen LogP contribution in [-0.4, -0.2) is 38.4 Å². The Morgan fingerprint density at radius 3 is 2.55 bits per heavy atom. The van der Waals surface area contributed by atoms with Gasteiger partial charge in [0.2, 0.25) is 5.91 Å². The van der Waals surface area contributed by atoms with E-state index in [4.69, 9.17) is 4.74 Å². The summed E-state index contributed by atoms with van der Waals surface area (Å²) in [5.74, 6) is -0.964. The van der Waals surface area contributed by atoms with E-state index in [0.29, 0.717) is 6.54 Å². The molecular weight excluding hydrogens is 311 g/mol. The molecule has 0 bridgehead atoms. The molecule has 0 fully saturated rings. The van der Waals surface area contributed by atoms with E-state index in [9.17, 15) is 14.0 Å². The lowest BCUT2D eigenvalue weighted by molar-refractivity contribution is -0.121. The first-order chi connectivity index (χ1) is 9.97. The number of hydrogen-bond donors (Lipinski definition) is 2. The molecule has 0 aliphatic rings. The van der Waals surface area contributed by atoms with E-state index in [1.54, 1.807) is 7.05 Å². The van der Waals surface area contributed by atoms with E-state index in [2.05, 4.69) is 10.6 Å². The molecule has 22 heavy (non-hydrogen) atoms. The van der Waals surface area contributed by atoms with Gasteiger partial charge in [0.15, 0.2) is 17.3 Å². The van der Waals surface area contributed by atoms with Crippen molar-refractivity contribution in [1.82, 2.24) is 10.6 Å². The maximum Gasteiger partial charge on any atom is 0.220 e. The van der Waals surface area contributed by atoms with Crippen LogP contribution in [0.15, 0.2) is 18.2 Å². The van der Waals surface area contributed by atoms with E-state index in [1.807, 2.05) is 6.92 Å². The average molecular weight is 333 g/mol. The van der Waals surface area contributed by atoms with Gasteiger partial charge >= 0.3 is 0 Å². The van der Waals surface area contributed by atoms with Gasteiger partial charge in [0.25, 0.3) is 0 Å². The van der Waals surface area contributed by atoms with Crippen molar-refractivity contribution >= 4 is 24.1 Å². The monoisotopic (exact) mass is 332 g/mol. The normalized spacial score (nSPS) is 11.3. The zero-order chi connectivity index (χ0) is 15.8. The minimum Gasteiger partial charge on any atom is -0.494 e. The van der Waals surface area contributed by atoms with Crippen LogP contribution < -0.4 is 15.4 Å². The number of nitrogens with one attached hydrogen (secondary N) is 2. The fourth-order valence-corrected chi connectivity index (χ4v) is 1.67. The predicted molar refractivity (Wildman–Crippen MR) is 85.3 cm³/mol. The highest BCUT2D eigenvalue weighted by atomic mass is 35.5. The van der Waals surface area contributed by atoms with Gasteiger partial charge in [-0.3, -0.25) is 9.59 Å². The number of rotatable bonds is 8. The van der Waals surface area contributed by atoms with Crippen molar-refractivity contribution in [2.24, 2.45) is 0 Å². The highest BCUT2D eigenvalue weighted by molar-refractivity contribution is 5.98. The fourth-order valence-electron chi connectivity index (χ4n) is 1.67. The van der Waals surface area contributed by atoms with Crippen molar-refractivity contribution in [1.29, 1.82) is 0 Å². The summed E-state index contributed by atoms with van der Waals surface area (Å²) in [5.41, 5.74) is 0.240. The molecule has 0 aliphatic heterocycles. The minimum atomic E-state index is -0.587. The summed E-state index contributed by atoms with van der Waals surface area (Å²) in [6.45, 7) is 2.44. The molecule has 1 atom stereocenters. The van der Waals surface area contributed by atoms with Gasteiger partial charge in [0.1, 0.15) is 0 Å². The molecule has 0 heterocycles. The third kappa shape index (κ3) is 6.41. The Labute approximate surface area is 136 Å². The Morgan fingerprint density at radius 2 is 2.00 bits per heavy atom. The zero-order valence-corrected chi connectivity index (χ0v) is 13.8. The largest absolute Gasteiger partial charge is 0.494 e. The first-order valence-corrected chi connectivity index (χ1v) is 6.78. The van der Waals surface area contributed by atoms with Crippen LogP contribution in [0.4, 0.5) is 4.39 Å². The van der Waals surface area contributed by atoms with Crippen LogP contribution in [0.1, 0.15) is 30.1 Å². The van der Waals surface area contributed by atoms with Gasteiger partial charge in [-0.2, -0.15) is 0 Å². The third-order valence-electron chi connectivity index (χ3n) is 3.15. The quantitative estimate of drug-likeness (QED) is 0.714. The van der Waals surface area contributed by atoms with Crippen LogP contribution in [0.25, 0.3) is 0 Å². The second kappa shape index (κ2) is 10.1. The molecule has 1 aromatic rings. The Bertz CT molecular complexity index is 512. The summed E-state index contributed by atoms with van der Waals surface area (Å²) in [5, 5.41) is 5.71. The molecule has 0 aromatic heterocycles.